The summed E-state index contributed by atoms with van der Waals surface area (Å²) in [5.41, 5.74) is 4.87. The molecule has 0 unspecified atom stereocenters. The second-order valence-corrected chi connectivity index (χ2v) is 7.21. The minimum absolute atomic E-state index is 0.525. The maximum absolute atomic E-state index is 6.12. The number of hydrogen-bond acceptors (Lipinski definition) is 5. The van der Waals surface area contributed by atoms with Gasteiger partial charge in [0.15, 0.2) is 0 Å². The molecule has 29 heavy (non-hydrogen) atoms. The lowest BCUT2D eigenvalue weighted by atomic mass is 10.0. The third-order valence-corrected chi connectivity index (χ3v) is 5.08. The van der Waals surface area contributed by atoms with Crippen LogP contribution in [-0.4, -0.2) is 25.5 Å². The SMILES string of the molecule is Cc1nnc2n1-c1ccccc1C(c1ccc(Cl)cc1)=NN2Cc1cccnc1. The molecule has 0 saturated carbocycles. The van der Waals surface area contributed by atoms with Crippen molar-refractivity contribution in [3.8, 4) is 5.69 Å². The number of hydrazone groups is 1. The van der Waals surface area contributed by atoms with Gasteiger partial charge < -0.3 is 0 Å². The number of hydrogen-bond donors (Lipinski definition) is 0. The van der Waals surface area contributed by atoms with Crippen molar-refractivity contribution in [3.63, 3.8) is 0 Å². The van der Waals surface area contributed by atoms with Crippen LogP contribution in [0.5, 0.6) is 0 Å². The van der Waals surface area contributed by atoms with Gasteiger partial charge in [0.05, 0.1) is 12.2 Å². The van der Waals surface area contributed by atoms with Crippen molar-refractivity contribution in [3.05, 3.63) is 101 Å². The van der Waals surface area contributed by atoms with Crippen LogP contribution >= 0.6 is 11.6 Å². The fourth-order valence-electron chi connectivity index (χ4n) is 3.48. The maximum Gasteiger partial charge on any atom is 0.252 e. The minimum Gasteiger partial charge on any atom is -0.264 e. The van der Waals surface area contributed by atoms with Crippen molar-refractivity contribution in [2.75, 3.05) is 5.01 Å². The van der Waals surface area contributed by atoms with Crippen LogP contribution in [0.1, 0.15) is 22.5 Å². The summed E-state index contributed by atoms with van der Waals surface area (Å²) in [6, 6.07) is 19.8. The lowest BCUT2D eigenvalue weighted by Gasteiger charge is -2.17. The van der Waals surface area contributed by atoms with E-state index in [4.69, 9.17) is 16.7 Å². The zero-order valence-corrected chi connectivity index (χ0v) is 16.5. The smallest absolute Gasteiger partial charge is 0.252 e. The van der Waals surface area contributed by atoms with Gasteiger partial charge in [-0.3, -0.25) is 9.55 Å². The van der Waals surface area contributed by atoms with Crippen molar-refractivity contribution in [1.82, 2.24) is 19.7 Å². The van der Waals surface area contributed by atoms with E-state index in [9.17, 15) is 0 Å². The Morgan fingerprint density at radius 3 is 2.55 bits per heavy atom. The van der Waals surface area contributed by atoms with Gasteiger partial charge in [-0.25, -0.2) is 5.01 Å². The van der Waals surface area contributed by atoms with E-state index in [1.54, 1.807) is 6.20 Å². The number of halogens is 1. The fourth-order valence-corrected chi connectivity index (χ4v) is 3.61. The molecule has 0 atom stereocenters. The zero-order chi connectivity index (χ0) is 19.8. The summed E-state index contributed by atoms with van der Waals surface area (Å²) in [4.78, 5) is 4.23. The van der Waals surface area contributed by atoms with E-state index in [0.29, 0.717) is 17.5 Å². The number of para-hydroxylation sites is 1. The largest absolute Gasteiger partial charge is 0.264 e. The average molecular weight is 401 g/mol. The molecular formula is C22H17ClN6. The van der Waals surface area contributed by atoms with Gasteiger partial charge in [-0.15, -0.1) is 10.2 Å². The van der Waals surface area contributed by atoms with Gasteiger partial charge in [-0.05, 0) is 36.8 Å². The normalized spacial score (nSPS) is 12.8. The quantitative estimate of drug-likeness (QED) is 0.511. The molecule has 3 heterocycles. The molecule has 2 aromatic carbocycles. The number of pyridine rings is 1. The molecule has 0 bridgehead atoms. The van der Waals surface area contributed by atoms with Crippen LogP contribution in [0.4, 0.5) is 5.95 Å². The monoisotopic (exact) mass is 400 g/mol. The van der Waals surface area contributed by atoms with E-state index in [-0.39, 0.29) is 0 Å². The summed E-state index contributed by atoms with van der Waals surface area (Å²) in [5, 5.41) is 16.3. The van der Waals surface area contributed by atoms with Crippen LogP contribution in [0.15, 0.2) is 78.2 Å². The lowest BCUT2D eigenvalue weighted by molar-refractivity contribution is 0.793. The number of anilines is 1. The Kier molecular flexibility index (Phi) is 4.33. The molecule has 0 saturated heterocycles. The van der Waals surface area contributed by atoms with Crippen LogP contribution in [0.25, 0.3) is 5.69 Å². The molecule has 0 amide bonds. The Bertz CT molecular complexity index is 1200. The summed E-state index contributed by atoms with van der Waals surface area (Å²) in [5.74, 6) is 1.47. The standard InChI is InChI=1S/C22H17ClN6/c1-15-25-26-22-28(14-16-5-4-12-24-13-16)27-21(17-8-10-18(23)11-9-17)19-6-2-3-7-20(19)29(15)22/h2-13H,14H2,1H3. The van der Waals surface area contributed by atoms with Crippen LogP contribution in [-0.2, 0) is 6.54 Å². The summed E-state index contributed by atoms with van der Waals surface area (Å²) in [6.45, 7) is 2.47. The number of nitrogens with zero attached hydrogens (tertiary/aromatic N) is 6. The van der Waals surface area contributed by atoms with E-state index in [0.717, 1.165) is 33.9 Å². The van der Waals surface area contributed by atoms with E-state index in [1.807, 2.05) is 71.2 Å². The Morgan fingerprint density at radius 1 is 0.931 bits per heavy atom. The van der Waals surface area contributed by atoms with Crippen LogP contribution in [0.2, 0.25) is 5.02 Å². The third kappa shape index (κ3) is 3.17. The van der Waals surface area contributed by atoms with Crippen LogP contribution in [0, 0.1) is 6.92 Å². The molecule has 0 aliphatic carbocycles. The third-order valence-electron chi connectivity index (χ3n) is 4.83. The van der Waals surface area contributed by atoms with Gasteiger partial charge in [-0.2, -0.15) is 5.10 Å². The van der Waals surface area contributed by atoms with E-state index in [1.165, 1.54) is 0 Å². The number of rotatable bonds is 3. The Hall–Kier alpha value is -3.51. The fraction of sp³-hybridized carbons (Fsp3) is 0.0909. The van der Waals surface area contributed by atoms with Gasteiger partial charge in [0, 0.05) is 28.5 Å². The van der Waals surface area contributed by atoms with E-state index >= 15 is 0 Å². The predicted molar refractivity (Wildman–Crippen MR) is 114 cm³/mol. The van der Waals surface area contributed by atoms with Gasteiger partial charge >= 0.3 is 0 Å². The molecule has 0 fully saturated rings. The van der Waals surface area contributed by atoms with Gasteiger partial charge in [0.1, 0.15) is 11.5 Å². The molecule has 2 aromatic heterocycles. The maximum atomic E-state index is 6.12. The minimum atomic E-state index is 0.525. The second-order valence-electron chi connectivity index (χ2n) is 6.77. The molecule has 142 valence electrons. The first kappa shape index (κ1) is 17.6. The summed E-state index contributed by atoms with van der Waals surface area (Å²) in [6.07, 6.45) is 3.60. The molecule has 0 N–H and O–H groups in total. The van der Waals surface area contributed by atoms with Gasteiger partial charge in [0.2, 0.25) is 0 Å². The Morgan fingerprint density at radius 2 is 1.76 bits per heavy atom. The summed E-state index contributed by atoms with van der Waals surface area (Å²) in [7, 11) is 0. The molecule has 1 aliphatic heterocycles. The second kappa shape index (κ2) is 7.14. The molecule has 6 nitrogen and oxygen atoms in total. The predicted octanol–water partition coefficient (Wildman–Crippen LogP) is 4.40. The molecule has 1 aliphatic rings. The van der Waals surface area contributed by atoms with Crippen molar-refractivity contribution in [2.24, 2.45) is 5.10 Å². The highest BCUT2D eigenvalue weighted by Crippen LogP contribution is 2.30. The molecule has 0 spiro atoms. The number of benzene rings is 2. The first-order valence-electron chi connectivity index (χ1n) is 9.23. The highest BCUT2D eigenvalue weighted by atomic mass is 35.5. The average Bonchev–Trinajstić information content (AvgIpc) is 3.07. The highest BCUT2D eigenvalue weighted by molar-refractivity contribution is 6.30. The van der Waals surface area contributed by atoms with Crippen LogP contribution in [0.3, 0.4) is 0 Å². The Labute approximate surface area is 173 Å². The van der Waals surface area contributed by atoms with Crippen molar-refractivity contribution >= 4 is 23.3 Å². The first-order valence-corrected chi connectivity index (χ1v) is 9.61. The summed E-state index contributed by atoms with van der Waals surface area (Å²) >= 11 is 6.12. The number of aromatic nitrogens is 4. The molecular weight excluding hydrogens is 384 g/mol. The molecule has 0 radical (unpaired) electrons. The zero-order valence-electron chi connectivity index (χ0n) is 15.7. The summed E-state index contributed by atoms with van der Waals surface area (Å²) < 4.78 is 2.04. The molecule has 7 heteroatoms. The molecule has 4 aromatic rings. The van der Waals surface area contributed by atoms with Crippen molar-refractivity contribution in [1.29, 1.82) is 0 Å². The Balaban J connectivity index is 1.73. The number of fused-ring (bicyclic) bond motifs is 3. The first-order chi connectivity index (χ1) is 14.2. The topological polar surface area (TPSA) is 59.2 Å². The van der Waals surface area contributed by atoms with E-state index < -0.39 is 0 Å². The van der Waals surface area contributed by atoms with Crippen LogP contribution < -0.4 is 5.01 Å². The number of aryl methyl sites for hydroxylation is 1. The lowest BCUT2D eigenvalue weighted by Crippen LogP contribution is -2.20. The van der Waals surface area contributed by atoms with Crippen molar-refractivity contribution < 1.29 is 0 Å². The van der Waals surface area contributed by atoms with E-state index in [2.05, 4.69) is 27.3 Å². The molecule has 5 rings (SSSR count). The van der Waals surface area contributed by atoms with Gasteiger partial charge in [-0.1, -0.05) is 48.0 Å². The highest BCUT2D eigenvalue weighted by Gasteiger charge is 2.26. The van der Waals surface area contributed by atoms with Gasteiger partial charge in [0.25, 0.3) is 5.95 Å². The van der Waals surface area contributed by atoms with Crippen molar-refractivity contribution in [2.45, 2.75) is 13.5 Å².